The molecule has 0 saturated heterocycles. The fraction of sp³-hybridized carbons (Fsp3) is 0.462. The van der Waals surface area contributed by atoms with Gasteiger partial charge in [-0.3, -0.25) is 4.99 Å². The van der Waals surface area contributed by atoms with Crippen LogP contribution in [-0.2, 0) is 6.42 Å². The van der Waals surface area contributed by atoms with Crippen LogP contribution in [0.4, 0.5) is 0 Å². The van der Waals surface area contributed by atoms with E-state index in [1.54, 1.807) is 0 Å². The van der Waals surface area contributed by atoms with Gasteiger partial charge in [-0.15, -0.1) is 0 Å². The van der Waals surface area contributed by atoms with Crippen molar-refractivity contribution in [1.82, 2.24) is 0 Å². The van der Waals surface area contributed by atoms with Gasteiger partial charge in [-0.2, -0.15) is 0 Å². The molecule has 0 spiro atoms. The van der Waals surface area contributed by atoms with E-state index in [1.165, 1.54) is 5.56 Å². The molecule has 0 amide bonds. The Balaban J connectivity index is 2.66. The van der Waals surface area contributed by atoms with Crippen molar-refractivity contribution in [3.8, 4) is 0 Å². The quantitative estimate of drug-likeness (QED) is 0.735. The van der Waals surface area contributed by atoms with Crippen LogP contribution in [0.25, 0.3) is 0 Å². The maximum Gasteiger partial charge on any atom is 0.0794 e. The van der Waals surface area contributed by atoms with E-state index in [0.717, 1.165) is 6.42 Å². The molecule has 2 heteroatoms. The van der Waals surface area contributed by atoms with Crippen molar-refractivity contribution in [3.63, 3.8) is 0 Å². The molecular formula is C13H19NO. The van der Waals surface area contributed by atoms with Crippen LogP contribution >= 0.6 is 0 Å². The second-order valence-corrected chi connectivity index (χ2v) is 4.17. The van der Waals surface area contributed by atoms with Crippen molar-refractivity contribution >= 4 is 6.72 Å². The van der Waals surface area contributed by atoms with Crippen LogP contribution in [0.1, 0.15) is 19.4 Å². The Morgan fingerprint density at radius 1 is 1.27 bits per heavy atom. The minimum absolute atomic E-state index is 0.104. The zero-order valence-corrected chi connectivity index (χ0v) is 9.43. The maximum absolute atomic E-state index is 9.91. The number of nitrogens with zero attached hydrogens (tertiary/aromatic N) is 1. The Hall–Kier alpha value is -1.15. The van der Waals surface area contributed by atoms with Gasteiger partial charge in [0.1, 0.15) is 0 Å². The molecule has 2 atom stereocenters. The lowest BCUT2D eigenvalue weighted by molar-refractivity contribution is 0.0990. The Morgan fingerprint density at radius 3 is 2.33 bits per heavy atom. The van der Waals surface area contributed by atoms with Gasteiger partial charge < -0.3 is 5.11 Å². The number of rotatable bonds is 5. The number of hydrogen-bond acceptors (Lipinski definition) is 2. The van der Waals surface area contributed by atoms with Crippen LogP contribution in [0.5, 0.6) is 0 Å². The summed E-state index contributed by atoms with van der Waals surface area (Å²) in [4.78, 5) is 4.00. The average Bonchev–Trinajstić information content (AvgIpc) is 2.26. The third-order valence-corrected chi connectivity index (χ3v) is 2.60. The smallest absolute Gasteiger partial charge is 0.0794 e. The molecule has 0 fully saturated rings. The number of hydrogen-bond donors (Lipinski definition) is 1. The molecule has 0 bridgehead atoms. The minimum Gasteiger partial charge on any atom is -0.391 e. The summed E-state index contributed by atoms with van der Waals surface area (Å²) < 4.78 is 0. The topological polar surface area (TPSA) is 32.6 Å². The van der Waals surface area contributed by atoms with Gasteiger partial charge in [-0.25, -0.2) is 0 Å². The van der Waals surface area contributed by atoms with Crippen molar-refractivity contribution in [2.24, 2.45) is 10.9 Å². The van der Waals surface area contributed by atoms with E-state index >= 15 is 0 Å². The zero-order chi connectivity index (χ0) is 11.3. The molecule has 1 aromatic carbocycles. The molecule has 1 N–H and O–H groups in total. The molecule has 2 nitrogen and oxygen atoms in total. The zero-order valence-electron chi connectivity index (χ0n) is 9.43. The third-order valence-electron chi connectivity index (χ3n) is 2.60. The van der Waals surface area contributed by atoms with E-state index in [-0.39, 0.29) is 12.0 Å². The van der Waals surface area contributed by atoms with E-state index < -0.39 is 6.10 Å². The first kappa shape index (κ1) is 11.9. The lowest BCUT2D eigenvalue weighted by atomic mass is 9.95. The van der Waals surface area contributed by atoms with Gasteiger partial charge in [-0.1, -0.05) is 44.2 Å². The first-order chi connectivity index (χ1) is 7.15. The third kappa shape index (κ3) is 3.48. The van der Waals surface area contributed by atoms with E-state index in [0.29, 0.717) is 0 Å². The molecule has 0 heterocycles. The molecule has 0 radical (unpaired) electrons. The fourth-order valence-electron chi connectivity index (χ4n) is 1.59. The van der Waals surface area contributed by atoms with E-state index in [2.05, 4.69) is 11.7 Å². The first-order valence-electron chi connectivity index (χ1n) is 5.33. The van der Waals surface area contributed by atoms with E-state index in [9.17, 15) is 5.11 Å². The highest BCUT2D eigenvalue weighted by Crippen LogP contribution is 2.14. The molecule has 1 aromatic rings. The summed E-state index contributed by atoms with van der Waals surface area (Å²) >= 11 is 0. The number of aliphatic hydroxyl groups excluding tert-OH is 1. The fourth-order valence-corrected chi connectivity index (χ4v) is 1.59. The van der Waals surface area contributed by atoms with Crippen LogP contribution in [0, 0.1) is 5.92 Å². The number of aliphatic imine (C=N–C) groups is 1. The summed E-state index contributed by atoms with van der Waals surface area (Å²) in [6.07, 6.45) is 0.339. The molecule has 15 heavy (non-hydrogen) atoms. The summed E-state index contributed by atoms with van der Waals surface area (Å²) in [7, 11) is 0. The largest absolute Gasteiger partial charge is 0.391 e. The highest BCUT2D eigenvalue weighted by Gasteiger charge is 2.20. The molecule has 0 aliphatic heterocycles. The van der Waals surface area contributed by atoms with Crippen LogP contribution in [-0.4, -0.2) is 24.0 Å². The van der Waals surface area contributed by atoms with Gasteiger partial charge in [0.25, 0.3) is 0 Å². The van der Waals surface area contributed by atoms with E-state index in [4.69, 9.17) is 0 Å². The van der Waals surface area contributed by atoms with E-state index in [1.807, 2.05) is 44.2 Å². The second-order valence-electron chi connectivity index (χ2n) is 4.17. The first-order valence-corrected chi connectivity index (χ1v) is 5.33. The predicted molar refractivity (Wildman–Crippen MR) is 64.3 cm³/mol. The highest BCUT2D eigenvalue weighted by molar-refractivity contribution is 5.26. The summed E-state index contributed by atoms with van der Waals surface area (Å²) in [5, 5.41) is 9.91. The van der Waals surface area contributed by atoms with Crippen molar-refractivity contribution in [1.29, 1.82) is 0 Å². The van der Waals surface area contributed by atoms with Crippen LogP contribution < -0.4 is 0 Å². The van der Waals surface area contributed by atoms with Crippen molar-refractivity contribution < 1.29 is 5.11 Å². The second kappa shape index (κ2) is 5.66. The molecule has 0 aliphatic carbocycles. The van der Waals surface area contributed by atoms with Gasteiger partial charge >= 0.3 is 0 Å². The standard InChI is InChI=1S/C13H19NO/c1-10(2)13(15)12(14-3)9-11-7-5-4-6-8-11/h4-8,10,12-13,15H,3,9H2,1-2H3. The Bertz CT molecular complexity index is 295. The summed E-state index contributed by atoms with van der Waals surface area (Å²) in [6.45, 7) is 7.54. The minimum atomic E-state index is -0.414. The number of aliphatic hydroxyl groups is 1. The van der Waals surface area contributed by atoms with Gasteiger partial charge in [-0.05, 0) is 24.6 Å². The molecule has 1 rings (SSSR count). The highest BCUT2D eigenvalue weighted by atomic mass is 16.3. The predicted octanol–water partition coefficient (Wildman–Crippen LogP) is 2.32. The van der Waals surface area contributed by atoms with Crippen molar-refractivity contribution in [2.45, 2.75) is 32.4 Å². The Morgan fingerprint density at radius 2 is 1.87 bits per heavy atom. The van der Waals surface area contributed by atoms with Crippen LogP contribution in [0.3, 0.4) is 0 Å². The maximum atomic E-state index is 9.91. The van der Waals surface area contributed by atoms with Crippen molar-refractivity contribution in [3.05, 3.63) is 35.9 Å². The lowest BCUT2D eigenvalue weighted by Gasteiger charge is -2.22. The molecule has 0 saturated carbocycles. The molecule has 0 aromatic heterocycles. The van der Waals surface area contributed by atoms with Gasteiger partial charge in [0.05, 0.1) is 12.1 Å². The van der Waals surface area contributed by atoms with Crippen LogP contribution in [0.2, 0.25) is 0 Å². The molecule has 82 valence electrons. The monoisotopic (exact) mass is 205 g/mol. The summed E-state index contributed by atoms with van der Waals surface area (Å²) in [5.41, 5.74) is 1.19. The summed E-state index contributed by atoms with van der Waals surface area (Å²) in [5.74, 6) is 0.212. The molecule has 0 aliphatic rings. The lowest BCUT2D eigenvalue weighted by Crippen LogP contribution is -2.31. The molecule has 2 unspecified atom stereocenters. The van der Waals surface area contributed by atoms with Gasteiger partial charge in [0, 0.05) is 0 Å². The molecular weight excluding hydrogens is 186 g/mol. The average molecular weight is 205 g/mol. The number of benzene rings is 1. The van der Waals surface area contributed by atoms with Crippen LogP contribution in [0.15, 0.2) is 35.3 Å². The normalized spacial score (nSPS) is 14.9. The summed E-state index contributed by atoms with van der Waals surface area (Å²) in [6, 6.07) is 9.97. The van der Waals surface area contributed by atoms with Crippen molar-refractivity contribution in [2.75, 3.05) is 0 Å². The Kier molecular flexibility index (Phi) is 4.50. The van der Waals surface area contributed by atoms with Gasteiger partial charge in [0.2, 0.25) is 0 Å². The Labute approximate surface area is 91.7 Å². The van der Waals surface area contributed by atoms with Gasteiger partial charge in [0.15, 0.2) is 0 Å². The SMILES string of the molecule is C=NC(Cc1ccccc1)C(O)C(C)C.